The molecule has 4 heteroatoms. The van der Waals surface area contributed by atoms with Gasteiger partial charge in [-0.1, -0.05) is 23.7 Å². The van der Waals surface area contributed by atoms with Gasteiger partial charge < -0.3 is 9.84 Å². The average molecular weight is 249 g/mol. The van der Waals surface area contributed by atoms with Crippen molar-refractivity contribution in [2.75, 3.05) is 12.5 Å². The predicted octanol–water partition coefficient (Wildman–Crippen LogP) is 3.40. The molecule has 0 bridgehead atoms. The molecule has 0 aliphatic heterocycles. The molecule has 0 saturated heterocycles. The van der Waals surface area contributed by atoms with Gasteiger partial charge >= 0.3 is 0 Å². The molecule has 0 amide bonds. The molecule has 1 aromatic carbocycles. The van der Waals surface area contributed by atoms with Crippen molar-refractivity contribution in [3.05, 3.63) is 28.8 Å². The van der Waals surface area contributed by atoms with E-state index in [9.17, 15) is 5.11 Å². The van der Waals surface area contributed by atoms with Crippen molar-refractivity contribution in [2.24, 2.45) is 0 Å². The molecule has 0 spiro atoms. The van der Waals surface area contributed by atoms with E-state index in [-0.39, 0.29) is 0 Å². The summed E-state index contributed by atoms with van der Waals surface area (Å²) < 4.78 is 5.49. The van der Waals surface area contributed by atoms with Gasteiger partial charge in [0, 0.05) is 11.4 Å². The number of para-hydroxylation sites is 1. The lowest BCUT2D eigenvalue weighted by atomic mass is 10.1. The molecule has 15 heavy (non-hydrogen) atoms. The first-order valence-corrected chi connectivity index (χ1v) is 5.73. The van der Waals surface area contributed by atoms with E-state index in [0.29, 0.717) is 28.8 Å². The van der Waals surface area contributed by atoms with Gasteiger partial charge in [-0.25, -0.2) is 0 Å². The van der Waals surface area contributed by atoms with Crippen LogP contribution in [0.1, 0.15) is 25.0 Å². The first-order valence-electron chi connectivity index (χ1n) is 4.82. The number of aliphatic hydroxyl groups is 1. The Morgan fingerprint density at radius 1 is 1.47 bits per heavy atom. The van der Waals surface area contributed by atoms with E-state index in [1.807, 2.05) is 0 Å². The number of halogens is 2. The molecule has 2 nitrogen and oxygen atoms in total. The monoisotopic (exact) mass is 248 g/mol. The van der Waals surface area contributed by atoms with Crippen LogP contribution < -0.4 is 4.74 Å². The molecular weight excluding hydrogens is 235 g/mol. The summed E-state index contributed by atoms with van der Waals surface area (Å²) in [6.07, 6.45) is 0.168. The molecule has 1 unspecified atom stereocenters. The number of rotatable bonds is 5. The fourth-order valence-electron chi connectivity index (χ4n) is 1.24. The van der Waals surface area contributed by atoms with Gasteiger partial charge in [0.05, 0.1) is 17.7 Å². The Morgan fingerprint density at radius 3 is 2.80 bits per heavy atom. The van der Waals surface area contributed by atoms with E-state index in [0.717, 1.165) is 6.42 Å². The topological polar surface area (TPSA) is 29.5 Å². The van der Waals surface area contributed by atoms with Crippen LogP contribution in [0.25, 0.3) is 0 Å². The third kappa shape index (κ3) is 3.56. The number of hydrogen-bond acceptors (Lipinski definition) is 2. The minimum atomic E-state index is -0.588. The molecule has 0 heterocycles. The third-order valence-electron chi connectivity index (χ3n) is 1.97. The summed E-state index contributed by atoms with van der Waals surface area (Å²) in [7, 11) is 0. The second-order valence-corrected chi connectivity index (χ2v) is 4.01. The van der Waals surface area contributed by atoms with Gasteiger partial charge in [0.2, 0.25) is 0 Å². The van der Waals surface area contributed by atoms with E-state index >= 15 is 0 Å². The Balaban J connectivity index is 2.82. The lowest BCUT2D eigenvalue weighted by Crippen LogP contribution is -2.03. The van der Waals surface area contributed by atoms with Crippen LogP contribution in [0, 0.1) is 0 Å². The maximum Gasteiger partial charge on any atom is 0.143 e. The van der Waals surface area contributed by atoms with Crippen molar-refractivity contribution in [1.29, 1.82) is 0 Å². The first kappa shape index (κ1) is 12.6. The second kappa shape index (κ2) is 6.21. The third-order valence-corrected chi connectivity index (χ3v) is 2.54. The van der Waals surface area contributed by atoms with Crippen LogP contribution in [-0.2, 0) is 0 Å². The van der Waals surface area contributed by atoms with Gasteiger partial charge in [-0.15, -0.1) is 11.6 Å². The Kier molecular flexibility index (Phi) is 5.23. The standard InChI is InChI=1S/C11H14Cl2O2/c1-8(14)9-4-2-5-10(13)11(9)15-7-3-6-12/h2,4-5,8,14H,3,6-7H2,1H3. The van der Waals surface area contributed by atoms with Crippen LogP contribution in [0.5, 0.6) is 5.75 Å². The lowest BCUT2D eigenvalue weighted by molar-refractivity contribution is 0.191. The van der Waals surface area contributed by atoms with Gasteiger partial charge in [-0.2, -0.15) is 0 Å². The zero-order valence-corrected chi connectivity index (χ0v) is 10.1. The van der Waals surface area contributed by atoms with E-state index < -0.39 is 6.10 Å². The van der Waals surface area contributed by atoms with Crippen LogP contribution in [0.3, 0.4) is 0 Å². The number of ether oxygens (including phenoxy) is 1. The van der Waals surface area contributed by atoms with Gasteiger partial charge in [0.15, 0.2) is 0 Å². The summed E-state index contributed by atoms with van der Waals surface area (Å²) in [5.41, 5.74) is 0.706. The highest BCUT2D eigenvalue weighted by molar-refractivity contribution is 6.32. The highest BCUT2D eigenvalue weighted by Gasteiger charge is 2.12. The molecule has 84 valence electrons. The van der Waals surface area contributed by atoms with Gasteiger partial charge in [0.1, 0.15) is 5.75 Å². The summed E-state index contributed by atoms with van der Waals surface area (Å²) in [6, 6.07) is 5.33. The van der Waals surface area contributed by atoms with E-state index in [4.69, 9.17) is 27.9 Å². The van der Waals surface area contributed by atoms with Crippen LogP contribution in [-0.4, -0.2) is 17.6 Å². The van der Waals surface area contributed by atoms with Crippen molar-refractivity contribution < 1.29 is 9.84 Å². The molecule has 1 aromatic rings. The maximum atomic E-state index is 9.52. The fourth-order valence-corrected chi connectivity index (χ4v) is 1.58. The first-order chi connectivity index (χ1) is 7.16. The average Bonchev–Trinajstić information content (AvgIpc) is 2.20. The molecule has 0 aliphatic carbocycles. The predicted molar refractivity (Wildman–Crippen MR) is 62.9 cm³/mol. The Hall–Kier alpha value is -0.440. The zero-order valence-electron chi connectivity index (χ0n) is 8.54. The summed E-state index contributed by atoms with van der Waals surface area (Å²) in [5.74, 6) is 1.10. The summed E-state index contributed by atoms with van der Waals surface area (Å²) in [4.78, 5) is 0. The molecular formula is C11H14Cl2O2. The second-order valence-electron chi connectivity index (χ2n) is 3.23. The Bertz CT molecular complexity index is 313. The van der Waals surface area contributed by atoms with Gasteiger partial charge in [0.25, 0.3) is 0 Å². The minimum Gasteiger partial charge on any atom is -0.492 e. The number of hydrogen-bond donors (Lipinski definition) is 1. The smallest absolute Gasteiger partial charge is 0.143 e. The quantitative estimate of drug-likeness (QED) is 0.640. The minimum absolute atomic E-state index is 0.507. The van der Waals surface area contributed by atoms with Crippen molar-refractivity contribution in [3.63, 3.8) is 0 Å². The molecule has 1 atom stereocenters. The number of alkyl halides is 1. The SMILES string of the molecule is CC(O)c1cccc(Cl)c1OCCCCl. The summed E-state index contributed by atoms with van der Waals surface area (Å²) in [5, 5.41) is 10.0. The Morgan fingerprint density at radius 2 is 2.20 bits per heavy atom. The largest absolute Gasteiger partial charge is 0.492 e. The summed E-state index contributed by atoms with van der Waals surface area (Å²) >= 11 is 11.5. The molecule has 1 N–H and O–H groups in total. The normalized spacial score (nSPS) is 12.5. The molecule has 0 saturated carbocycles. The molecule has 1 rings (SSSR count). The van der Waals surface area contributed by atoms with E-state index in [1.54, 1.807) is 25.1 Å². The molecule has 0 aromatic heterocycles. The van der Waals surface area contributed by atoms with Crippen LogP contribution in [0.2, 0.25) is 5.02 Å². The maximum absolute atomic E-state index is 9.52. The van der Waals surface area contributed by atoms with Crippen LogP contribution in [0.15, 0.2) is 18.2 Å². The van der Waals surface area contributed by atoms with Gasteiger partial charge in [-0.3, -0.25) is 0 Å². The number of benzene rings is 1. The van der Waals surface area contributed by atoms with Gasteiger partial charge in [-0.05, 0) is 19.4 Å². The van der Waals surface area contributed by atoms with Crippen molar-refractivity contribution >= 4 is 23.2 Å². The number of aliphatic hydroxyl groups excluding tert-OH is 1. The molecule has 0 fully saturated rings. The van der Waals surface area contributed by atoms with Crippen LogP contribution >= 0.6 is 23.2 Å². The van der Waals surface area contributed by atoms with Crippen LogP contribution in [0.4, 0.5) is 0 Å². The lowest BCUT2D eigenvalue weighted by Gasteiger charge is -2.14. The van der Waals surface area contributed by atoms with Crippen molar-refractivity contribution in [1.82, 2.24) is 0 Å². The summed E-state index contributed by atoms with van der Waals surface area (Å²) in [6.45, 7) is 2.19. The van der Waals surface area contributed by atoms with E-state index in [1.165, 1.54) is 0 Å². The van der Waals surface area contributed by atoms with Crippen molar-refractivity contribution in [3.8, 4) is 5.75 Å². The zero-order chi connectivity index (χ0) is 11.3. The molecule has 0 aliphatic rings. The highest BCUT2D eigenvalue weighted by Crippen LogP contribution is 2.32. The molecule has 0 radical (unpaired) electrons. The Labute approximate surface area is 99.8 Å². The fraction of sp³-hybridized carbons (Fsp3) is 0.455. The highest BCUT2D eigenvalue weighted by atomic mass is 35.5. The van der Waals surface area contributed by atoms with E-state index in [2.05, 4.69) is 0 Å². The van der Waals surface area contributed by atoms with Crippen molar-refractivity contribution in [2.45, 2.75) is 19.4 Å².